The summed E-state index contributed by atoms with van der Waals surface area (Å²) in [5, 5.41) is 0.713. The summed E-state index contributed by atoms with van der Waals surface area (Å²) in [5.41, 5.74) is 6.86. The summed E-state index contributed by atoms with van der Waals surface area (Å²) < 4.78 is 10.9. The van der Waals surface area contributed by atoms with E-state index in [1.165, 1.54) is 0 Å². The van der Waals surface area contributed by atoms with Crippen LogP contribution < -0.4 is 10.5 Å². The van der Waals surface area contributed by atoms with Crippen LogP contribution in [0.2, 0.25) is 5.02 Å². The van der Waals surface area contributed by atoms with Crippen molar-refractivity contribution in [1.82, 2.24) is 0 Å². The Morgan fingerprint density at radius 2 is 2.11 bits per heavy atom. The Balaban J connectivity index is 2.54. The van der Waals surface area contributed by atoms with Gasteiger partial charge in [0.25, 0.3) is 0 Å². The number of rotatable bonds is 4. The summed E-state index contributed by atoms with van der Waals surface area (Å²) in [6.45, 7) is 6.24. The molecule has 0 unspecified atom stereocenters. The molecular weight excluding hydrogens is 250 g/mol. The van der Waals surface area contributed by atoms with E-state index in [0.717, 1.165) is 11.3 Å². The first kappa shape index (κ1) is 13.7. The minimum atomic E-state index is -0.113. The van der Waals surface area contributed by atoms with Gasteiger partial charge in [-0.1, -0.05) is 25.4 Å². The number of ether oxygens (including phenoxy) is 2. The monoisotopic (exact) mass is 269 g/mol. The molecule has 2 rings (SSSR count). The van der Waals surface area contributed by atoms with E-state index < -0.39 is 0 Å². The SMILES string of the molecule is COc1ccc(Cl)cc1C1(C(C)(C)CN)COC1. The van der Waals surface area contributed by atoms with E-state index in [0.29, 0.717) is 24.8 Å². The summed E-state index contributed by atoms with van der Waals surface area (Å²) in [6, 6.07) is 5.72. The molecule has 1 aromatic rings. The molecule has 1 aromatic carbocycles. The van der Waals surface area contributed by atoms with Crippen LogP contribution in [-0.2, 0) is 10.2 Å². The highest BCUT2D eigenvalue weighted by Crippen LogP contribution is 2.50. The number of hydrogen-bond donors (Lipinski definition) is 1. The van der Waals surface area contributed by atoms with Crippen LogP contribution in [-0.4, -0.2) is 26.9 Å². The lowest BCUT2D eigenvalue weighted by atomic mass is 9.60. The molecule has 1 saturated heterocycles. The third-order valence-electron chi connectivity index (χ3n) is 4.18. The summed E-state index contributed by atoms with van der Waals surface area (Å²) in [7, 11) is 1.68. The van der Waals surface area contributed by atoms with Crippen molar-refractivity contribution in [1.29, 1.82) is 0 Å². The van der Waals surface area contributed by atoms with Gasteiger partial charge in [-0.15, -0.1) is 0 Å². The molecule has 1 fully saturated rings. The Kier molecular flexibility index (Phi) is 3.58. The molecule has 1 heterocycles. The number of hydrogen-bond acceptors (Lipinski definition) is 3. The lowest BCUT2D eigenvalue weighted by molar-refractivity contribution is -0.117. The van der Waals surface area contributed by atoms with Crippen LogP contribution in [0.4, 0.5) is 0 Å². The first-order chi connectivity index (χ1) is 8.47. The maximum absolute atomic E-state index is 6.13. The smallest absolute Gasteiger partial charge is 0.122 e. The zero-order chi connectivity index (χ0) is 13.4. The van der Waals surface area contributed by atoms with E-state index in [1.54, 1.807) is 7.11 Å². The Hall–Kier alpha value is -0.770. The molecule has 4 heteroatoms. The molecule has 3 nitrogen and oxygen atoms in total. The first-order valence-corrected chi connectivity index (χ1v) is 6.46. The molecule has 1 aliphatic rings. The zero-order valence-corrected chi connectivity index (χ0v) is 11.9. The Labute approximate surface area is 113 Å². The zero-order valence-electron chi connectivity index (χ0n) is 11.1. The standard InChI is InChI=1S/C14H20ClNO2/c1-13(2,7-16)14(8-18-9-14)11-6-10(15)4-5-12(11)17-3/h4-6H,7-9,16H2,1-3H3. The average Bonchev–Trinajstić information content (AvgIpc) is 2.27. The number of nitrogens with two attached hydrogens (primary N) is 1. The fraction of sp³-hybridized carbons (Fsp3) is 0.571. The molecule has 0 amide bonds. The highest BCUT2D eigenvalue weighted by Gasteiger charge is 2.52. The van der Waals surface area contributed by atoms with E-state index in [9.17, 15) is 0 Å². The first-order valence-electron chi connectivity index (χ1n) is 6.09. The predicted octanol–water partition coefficient (Wildman–Crippen LogP) is 2.60. The molecule has 18 heavy (non-hydrogen) atoms. The largest absolute Gasteiger partial charge is 0.496 e. The normalized spacial score (nSPS) is 18.3. The van der Waals surface area contributed by atoms with Crippen LogP contribution in [0.15, 0.2) is 18.2 Å². The predicted molar refractivity (Wildman–Crippen MR) is 73.3 cm³/mol. The Morgan fingerprint density at radius 3 is 2.56 bits per heavy atom. The third kappa shape index (κ3) is 1.91. The third-order valence-corrected chi connectivity index (χ3v) is 4.41. The maximum atomic E-state index is 6.13. The molecule has 2 N–H and O–H groups in total. The van der Waals surface area contributed by atoms with Gasteiger partial charge < -0.3 is 15.2 Å². The van der Waals surface area contributed by atoms with E-state index >= 15 is 0 Å². The minimum Gasteiger partial charge on any atom is -0.496 e. The second kappa shape index (κ2) is 4.72. The van der Waals surface area contributed by atoms with E-state index in [2.05, 4.69) is 13.8 Å². The van der Waals surface area contributed by atoms with Gasteiger partial charge in [0.2, 0.25) is 0 Å². The minimum absolute atomic E-state index is 0.0663. The molecular formula is C14H20ClNO2. The van der Waals surface area contributed by atoms with Crippen LogP contribution in [0.5, 0.6) is 5.75 Å². The fourth-order valence-electron chi connectivity index (χ4n) is 2.47. The van der Waals surface area contributed by atoms with Gasteiger partial charge >= 0.3 is 0 Å². The average molecular weight is 270 g/mol. The van der Waals surface area contributed by atoms with Gasteiger partial charge in [0.1, 0.15) is 5.75 Å². The summed E-state index contributed by atoms with van der Waals surface area (Å²) in [4.78, 5) is 0. The van der Waals surface area contributed by atoms with E-state index in [-0.39, 0.29) is 10.8 Å². The van der Waals surface area contributed by atoms with Gasteiger partial charge in [0.15, 0.2) is 0 Å². The van der Waals surface area contributed by atoms with Crippen molar-refractivity contribution in [3.8, 4) is 5.75 Å². The van der Waals surface area contributed by atoms with Crippen molar-refractivity contribution < 1.29 is 9.47 Å². The van der Waals surface area contributed by atoms with Gasteiger partial charge in [-0.3, -0.25) is 0 Å². The molecule has 0 spiro atoms. The highest BCUT2D eigenvalue weighted by atomic mass is 35.5. The van der Waals surface area contributed by atoms with Gasteiger partial charge in [-0.2, -0.15) is 0 Å². The van der Waals surface area contributed by atoms with Gasteiger partial charge in [0, 0.05) is 10.6 Å². The molecule has 0 bridgehead atoms. The van der Waals surface area contributed by atoms with Crippen LogP contribution in [0, 0.1) is 5.41 Å². The molecule has 0 aromatic heterocycles. The van der Waals surface area contributed by atoms with Crippen LogP contribution in [0.1, 0.15) is 19.4 Å². The van der Waals surface area contributed by atoms with Crippen molar-refractivity contribution in [2.45, 2.75) is 19.3 Å². The van der Waals surface area contributed by atoms with Crippen molar-refractivity contribution in [3.05, 3.63) is 28.8 Å². The van der Waals surface area contributed by atoms with E-state index in [4.69, 9.17) is 26.8 Å². The number of benzene rings is 1. The molecule has 0 radical (unpaired) electrons. The maximum Gasteiger partial charge on any atom is 0.122 e. The highest BCUT2D eigenvalue weighted by molar-refractivity contribution is 6.30. The molecule has 0 aliphatic carbocycles. The lowest BCUT2D eigenvalue weighted by Crippen LogP contribution is -2.59. The van der Waals surface area contributed by atoms with Crippen molar-refractivity contribution in [2.24, 2.45) is 11.1 Å². The Morgan fingerprint density at radius 1 is 1.44 bits per heavy atom. The van der Waals surface area contributed by atoms with Gasteiger partial charge in [-0.25, -0.2) is 0 Å². The molecule has 100 valence electrons. The number of methoxy groups -OCH3 is 1. The van der Waals surface area contributed by atoms with E-state index in [1.807, 2.05) is 18.2 Å². The van der Waals surface area contributed by atoms with Crippen molar-refractivity contribution in [2.75, 3.05) is 26.9 Å². The van der Waals surface area contributed by atoms with Crippen LogP contribution >= 0.6 is 11.6 Å². The lowest BCUT2D eigenvalue weighted by Gasteiger charge is -2.52. The second-order valence-electron chi connectivity index (χ2n) is 5.51. The number of halogens is 1. The quantitative estimate of drug-likeness (QED) is 0.914. The topological polar surface area (TPSA) is 44.5 Å². The molecule has 0 atom stereocenters. The second-order valence-corrected chi connectivity index (χ2v) is 5.94. The summed E-state index contributed by atoms with van der Waals surface area (Å²) in [6.07, 6.45) is 0. The van der Waals surface area contributed by atoms with Crippen molar-refractivity contribution in [3.63, 3.8) is 0 Å². The fourth-order valence-corrected chi connectivity index (χ4v) is 2.64. The van der Waals surface area contributed by atoms with Crippen LogP contribution in [0.3, 0.4) is 0 Å². The van der Waals surface area contributed by atoms with Gasteiger partial charge in [-0.05, 0) is 30.2 Å². The molecule has 1 aliphatic heterocycles. The van der Waals surface area contributed by atoms with Gasteiger partial charge in [0.05, 0.1) is 25.7 Å². The van der Waals surface area contributed by atoms with Crippen molar-refractivity contribution >= 4 is 11.6 Å². The Bertz CT molecular complexity index is 441. The summed E-state index contributed by atoms with van der Waals surface area (Å²) >= 11 is 6.13. The molecule has 0 saturated carbocycles. The van der Waals surface area contributed by atoms with Crippen LogP contribution in [0.25, 0.3) is 0 Å². The summed E-state index contributed by atoms with van der Waals surface area (Å²) in [5.74, 6) is 0.851.